The first-order valence-electron chi connectivity index (χ1n) is 14.6. The molecule has 0 saturated heterocycles. The summed E-state index contributed by atoms with van der Waals surface area (Å²) >= 11 is 1.95. The van der Waals surface area contributed by atoms with Crippen molar-refractivity contribution in [3.63, 3.8) is 0 Å². The monoisotopic (exact) mass is 564 g/mol. The Bertz CT molecular complexity index is 2130. The standard InChI is InChI=1S/C38H21B5S/c39-34-33(35(40)37(42)38(43)36(34)41)32-26-12-6-4-10-24(26)31(25-11-5-7-13-27(25)32)22-15-17-29-28(18-22)23-16-14-21(19-30(23)44-29)20-8-2-1-3-9-20/h1-19,23,30H. The minimum Gasteiger partial charge on any atom is -0.117 e. The van der Waals surface area contributed by atoms with E-state index in [0.29, 0.717) is 27.7 Å². The molecule has 6 aromatic rings. The van der Waals surface area contributed by atoms with Gasteiger partial charge in [0.15, 0.2) is 0 Å². The molecule has 0 N–H and O–H groups in total. The van der Waals surface area contributed by atoms with Gasteiger partial charge >= 0.3 is 0 Å². The van der Waals surface area contributed by atoms with Crippen LogP contribution in [0.1, 0.15) is 17.0 Å². The molecule has 1 aliphatic heterocycles. The Morgan fingerprint density at radius 2 is 1.05 bits per heavy atom. The lowest BCUT2D eigenvalue weighted by molar-refractivity contribution is 0.884. The third kappa shape index (κ3) is 4.15. The molecule has 1 aliphatic carbocycles. The molecule has 44 heavy (non-hydrogen) atoms. The highest BCUT2D eigenvalue weighted by atomic mass is 32.2. The van der Waals surface area contributed by atoms with Crippen LogP contribution in [0.25, 0.3) is 49.4 Å². The first kappa shape index (κ1) is 27.5. The summed E-state index contributed by atoms with van der Waals surface area (Å²) in [7, 11) is 32.1. The van der Waals surface area contributed by atoms with E-state index in [1.54, 1.807) is 0 Å². The molecule has 0 bridgehead atoms. The molecule has 0 spiro atoms. The summed E-state index contributed by atoms with van der Waals surface area (Å²) in [6.45, 7) is 0. The number of hydrogen-bond acceptors (Lipinski definition) is 1. The third-order valence-corrected chi connectivity index (χ3v) is 10.4. The van der Waals surface area contributed by atoms with Gasteiger partial charge in [0.05, 0.1) is 0 Å². The summed E-state index contributed by atoms with van der Waals surface area (Å²) in [5, 5.41) is 4.60. The fraction of sp³-hybridized carbons (Fsp3) is 0.0526. The normalized spacial score (nSPS) is 17.0. The van der Waals surface area contributed by atoms with Gasteiger partial charge in [-0.15, -0.1) is 28.2 Å². The van der Waals surface area contributed by atoms with Crippen molar-refractivity contribution in [1.82, 2.24) is 0 Å². The molecular weight excluding hydrogens is 543 g/mol. The Morgan fingerprint density at radius 3 is 1.66 bits per heavy atom. The van der Waals surface area contributed by atoms with Crippen molar-refractivity contribution in [2.75, 3.05) is 0 Å². The molecule has 6 aromatic carbocycles. The van der Waals surface area contributed by atoms with Crippen LogP contribution in [0.4, 0.5) is 0 Å². The number of thioether (sulfide) groups is 1. The fourth-order valence-electron chi connectivity index (χ4n) is 6.91. The number of allylic oxidation sites excluding steroid dienone is 3. The zero-order valence-electron chi connectivity index (χ0n) is 23.9. The van der Waals surface area contributed by atoms with E-state index < -0.39 is 0 Å². The zero-order valence-corrected chi connectivity index (χ0v) is 24.7. The van der Waals surface area contributed by atoms with Crippen LogP contribution in [-0.4, -0.2) is 44.5 Å². The van der Waals surface area contributed by atoms with Crippen LogP contribution < -0.4 is 27.3 Å². The molecular formula is C38H21B5S. The number of hydrogen-bond donors (Lipinski definition) is 0. The van der Waals surface area contributed by atoms with Gasteiger partial charge in [0.2, 0.25) is 0 Å². The zero-order chi connectivity index (χ0) is 30.1. The van der Waals surface area contributed by atoms with Gasteiger partial charge < -0.3 is 0 Å². The Balaban J connectivity index is 1.33. The molecule has 8 rings (SSSR count). The Morgan fingerprint density at radius 1 is 0.500 bits per heavy atom. The van der Waals surface area contributed by atoms with Gasteiger partial charge in [-0.25, -0.2) is 0 Å². The summed E-state index contributed by atoms with van der Waals surface area (Å²) in [4.78, 5) is 1.33. The van der Waals surface area contributed by atoms with E-state index in [9.17, 15) is 0 Å². The first-order chi connectivity index (χ1) is 21.4. The summed E-state index contributed by atoms with van der Waals surface area (Å²) in [6, 6.07) is 34.3. The Labute approximate surface area is 269 Å². The fourth-order valence-corrected chi connectivity index (χ4v) is 8.28. The third-order valence-electron chi connectivity index (χ3n) is 9.09. The highest BCUT2D eigenvalue weighted by Gasteiger charge is 2.33. The number of benzene rings is 6. The minimum atomic E-state index is 0.214. The smallest absolute Gasteiger partial charge is 0.113 e. The van der Waals surface area contributed by atoms with Crippen molar-refractivity contribution < 1.29 is 0 Å². The summed E-state index contributed by atoms with van der Waals surface area (Å²) in [5.74, 6) is 0.319. The van der Waals surface area contributed by atoms with Gasteiger partial charge in [-0.3, -0.25) is 0 Å². The first-order valence-corrected chi connectivity index (χ1v) is 15.5. The Hall–Kier alpha value is -4.01. The molecule has 1 heterocycles. The largest absolute Gasteiger partial charge is 0.117 e. The van der Waals surface area contributed by atoms with E-state index in [4.69, 9.17) is 39.2 Å². The van der Waals surface area contributed by atoms with Crippen LogP contribution in [0.2, 0.25) is 0 Å². The maximum atomic E-state index is 6.63. The van der Waals surface area contributed by atoms with E-state index in [-0.39, 0.29) is 16.4 Å². The van der Waals surface area contributed by atoms with Crippen LogP contribution in [0.5, 0.6) is 0 Å². The second kappa shape index (κ2) is 10.6. The topological polar surface area (TPSA) is 0 Å². The molecule has 10 radical (unpaired) electrons. The molecule has 2 aliphatic rings. The second-order valence-corrected chi connectivity index (χ2v) is 12.7. The molecule has 2 atom stereocenters. The average Bonchev–Trinajstić information content (AvgIpc) is 3.44. The molecule has 0 fully saturated rings. The predicted octanol–water partition coefficient (Wildman–Crippen LogP) is 4.51. The van der Waals surface area contributed by atoms with Crippen molar-refractivity contribution >= 4 is 105 Å². The quantitative estimate of drug-likeness (QED) is 0.226. The molecule has 6 heteroatoms. The van der Waals surface area contributed by atoms with Crippen molar-refractivity contribution in [2.24, 2.45) is 0 Å². The lowest BCUT2D eigenvalue weighted by Gasteiger charge is -2.25. The van der Waals surface area contributed by atoms with E-state index >= 15 is 0 Å². The van der Waals surface area contributed by atoms with Gasteiger partial charge in [-0.2, -0.15) is 0 Å². The van der Waals surface area contributed by atoms with Crippen molar-refractivity contribution in [3.8, 4) is 22.3 Å². The summed E-state index contributed by atoms with van der Waals surface area (Å²) in [6.07, 6.45) is 7.07. The van der Waals surface area contributed by atoms with Gasteiger partial charge in [0, 0.05) is 16.1 Å². The van der Waals surface area contributed by atoms with E-state index in [1.165, 1.54) is 32.7 Å². The lowest BCUT2D eigenvalue weighted by atomic mass is 9.59. The number of fused-ring (bicyclic) bond motifs is 5. The van der Waals surface area contributed by atoms with Crippen molar-refractivity contribution in [1.29, 1.82) is 0 Å². The Kier molecular flexibility index (Phi) is 6.61. The molecule has 0 saturated carbocycles. The molecule has 0 aromatic heterocycles. The van der Waals surface area contributed by atoms with Crippen molar-refractivity contribution in [3.05, 3.63) is 126 Å². The molecule has 194 valence electrons. The SMILES string of the molecule is [B]c1c([B])c([B])c(-c2c3ccccc3c(-c3ccc4c(c3)C3C=CC(c5ccccc5)=CC3S4)c3ccccc23)c([B])c1[B]. The second-order valence-electron chi connectivity index (χ2n) is 11.5. The van der Waals surface area contributed by atoms with Crippen LogP contribution in [0, 0.1) is 0 Å². The van der Waals surface area contributed by atoms with E-state index in [2.05, 4.69) is 103 Å². The predicted molar refractivity (Wildman–Crippen MR) is 195 cm³/mol. The number of rotatable bonds is 3. The average molecular weight is 564 g/mol. The minimum absolute atomic E-state index is 0.214. The maximum absolute atomic E-state index is 6.63. The van der Waals surface area contributed by atoms with Crippen LogP contribution in [0.15, 0.2) is 120 Å². The van der Waals surface area contributed by atoms with Crippen LogP contribution in [0.3, 0.4) is 0 Å². The summed E-state index contributed by atoms with van der Waals surface area (Å²) in [5.41, 5.74) is 9.15. The van der Waals surface area contributed by atoms with Crippen LogP contribution in [-0.2, 0) is 0 Å². The van der Waals surface area contributed by atoms with Gasteiger partial charge in [0.1, 0.15) is 39.2 Å². The summed E-state index contributed by atoms with van der Waals surface area (Å²) < 4.78 is 0. The molecule has 0 nitrogen and oxygen atoms in total. The van der Waals surface area contributed by atoms with Gasteiger partial charge in [-0.05, 0) is 72.6 Å². The van der Waals surface area contributed by atoms with Crippen LogP contribution >= 0.6 is 11.8 Å². The van der Waals surface area contributed by atoms with E-state index in [0.717, 1.165) is 27.1 Å². The maximum Gasteiger partial charge on any atom is 0.113 e. The van der Waals surface area contributed by atoms with Gasteiger partial charge in [-0.1, -0.05) is 114 Å². The highest BCUT2D eigenvalue weighted by molar-refractivity contribution is 8.00. The highest BCUT2D eigenvalue weighted by Crippen LogP contribution is 2.51. The lowest BCUT2D eigenvalue weighted by Crippen LogP contribution is -2.55. The molecule has 2 unspecified atom stereocenters. The van der Waals surface area contributed by atoms with E-state index in [1.807, 2.05) is 23.9 Å². The van der Waals surface area contributed by atoms with Crippen molar-refractivity contribution in [2.45, 2.75) is 16.1 Å². The van der Waals surface area contributed by atoms with Gasteiger partial charge in [0.25, 0.3) is 0 Å². The molecule has 0 amide bonds.